The third-order valence-electron chi connectivity index (χ3n) is 13.3. The Labute approximate surface area is 319 Å². The summed E-state index contributed by atoms with van der Waals surface area (Å²) in [6, 6.07) is 3.15. The standard InChI is InChI=1S/C44H80N6O2/c1(15-31-51-41-29-17-27-39(33-41)49-43(45-35-19-7-3-8-20-35)46-36-21-9-4-10-22-36)2-16-32-52-42-30-18-28-40(34-42)50-44(47-37-23-11-5-12-24-37)48-38-25-13-6-14-26-38/h35-42H,1-34H2,(H2,45,46,49)(H2,47,48,50). The molecule has 0 bridgehead atoms. The molecule has 6 aliphatic rings. The number of nitrogens with zero attached hydrogens (tertiary/aromatic N) is 2. The maximum Gasteiger partial charge on any atom is 0.191 e. The van der Waals surface area contributed by atoms with Gasteiger partial charge in [0, 0.05) is 37.4 Å². The topological polar surface area (TPSA) is 91.3 Å². The van der Waals surface area contributed by atoms with Crippen molar-refractivity contribution in [2.45, 2.75) is 254 Å². The van der Waals surface area contributed by atoms with Crippen LogP contribution in [0.4, 0.5) is 0 Å². The van der Waals surface area contributed by atoms with Crippen LogP contribution in [0, 0.1) is 0 Å². The molecule has 8 nitrogen and oxygen atoms in total. The zero-order valence-corrected chi connectivity index (χ0v) is 33.4. The Morgan fingerprint density at radius 3 is 1.12 bits per heavy atom. The van der Waals surface area contributed by atoms with Gasteiger partial charge in [-0.05, 0) is 116 Å². The Morgan fingerprint density at radius 2 is 0.712 bits per heavy atom. The largest absolute Gasteiger partial charge is 0.378 e. The second-order valence-electron chi connectivity index (χ2n) is 17.9. The van der Waals surface area contributed by atoms with E-state index in [0.717, 1.165) is 38.0 Å². The van der Waals surface area contributed by atoms with Gasteiger partial charge in [-0.15, -0.1) is 0 Å². The van der Waals surface area contributed by atoms with Crippen LogP contribution in [-0.4, -0.2) is 73.6 Å². The van der Waals surface area contributed by atoms with Crippen LogP contribution in [0.1, 0.15) is 205 Å². The highest BCUT2D eigenvalue weighted by Crippen LogP contribution is 2.26. The minimum absolute atomic E-state index is 0.388. The lowest BCUT2D eigenvalue weighted by atomic mass is 9.92. The van der Waals surface area contributed by atoms with E-state index in [9.17, 15) is 0 Å². The number of ether oxygens (including phenoxy) is 2. The molecule has 6 rings (SSSR count). The van der Waals surface area contributed by atoms with Crippen LogP contribution in [-0.2, 0) is 9.47 Å². The fraction of sp³-hybridized carbons (Fsp3) is 0.955. The minimum Gasteiger partial charge on any atom is -0.378 e. The molecule has 6 saturated carbocycles. The smallest absolute Gasteiger partial charge is 0.191 e. The second kappa shape index (κ2) is 23.4. The molecule has 0 aromatic heterocycles. The van der Waals surface area contributed by atoms with Crippen molar-refractivity contribution in [3.8, 4) is 0 Å². The summed E-state index contributed by atoms with van der Waals surface area (Å²) in [5.74, 6) is 2.21. The van der Waals surface area contributed by atoms with E-state index < -0.39 is 0 Å². The van der Waals surface area contributed by atoms with Crippen molar-refractivity contribution >= 4 is 11.9 Å². The first-order chi connectivity index (χ1) is 25.7. The highest BCUT2D eigenvalue weighted by atomic mass is 16.5. The summed E-state index contributed by atoms with van der Waals surface area (Å²) in [4.78, 5) is 10.6. The van der Waals surface area contributed by atoms with Crippen molar-refractivity contribution in [1.82, 2.24) is 21.3 Å². The first-order valence-electron chi connectivity index (χ1n) is 23.2. The number of nitrogens with one attached hydrogen (secondary N) is 4. The maximum absolute atomic E-state index is 6.48. The Balaban J connectivity index is 0.837. The number of hydrogen-bond donors (Lipinski definition) is 4. The summed E-state index contributed by atoms with van der Waals surface area (Å²) in [6.45, 7) is 1.80. The average molecular weight is 725 g/mol. The summed E-state index contributed by atoms with van der Waals surface area (Å²) < 4.78 is 13.0. The van der Waals surface area contributed by atoms with E-state index in [1.54, 1.807) is 0 Å². The minimum atomic E-state index is 0.388. The Kier molecular flexibility index (Phi) is 18.1. The van der Waals surface area contributed by atoms with Crippen LogP contribution >= 0.6 is 0 Å². The molecule has 0 aliphatic heterocycles. The van der Waals surface area contributed by atoms with E-state index in [2.05, 4.69) is 21.3 Å². The maximum atomic E-state index is 6.48. The molecule has 8 heteroatoms. The number of rotatable bonds is 15. The lowest BCUT2D eigenvalue weighted by Crippen LogP contribution is -2.50. The summed E-state index contributed by atoms with van der Waals surface area (Å²) in [5, 5.41) is 15.6. The average Bonchev–Trinajstić information content (AvgIpc) is 3.18. The number of hydrogen-bond acceptors (Lipinski definition) is 4. The SMILES string of the molecule is C(CCCOC1CCCC(NC(=NC2CCCCC2)NC2CCCCC2)C1)CCOC1CCCC(NC(=NC2CCCCC2)NC2CCCCC2)C1. The van der Waals surface area contributed by atoms with Crippen molar-refractivity contribution in [3.63, 3.8) is 0 Å². The van der Waals surface area contributed by atoms with Crippen LogP contribution in [0.25, 0.3) is 0 Å². The van der Waals surface area contributed by atoms with Crippen LogP contribution in [0.5, 0.6) is 0 Å². The molecule has 0 aromatic carbocycles. The molecule has 4 unspecified atom stereocenters. The van der Waals surface area contributed by atoms with Crippen LogP contribution < -0.4 is 21.3 Å². The molecule has 0 spiro atoms. The second-order valence-corrected chi connectivity index (χ2v) is 17.9. The lowest BCUT2D eigenvalue weighted by molar-refractivity contribution is 0.0145. The van der Waals surface area contributed by atoms with Crippen molar-refractivity contribution in [2.75, 3.05) is 13.2 Å². The zero-order chi connectivity index (χ0) is 35.5. The van der Waals surface area contributed by atoms with Gasteiger partial charge in [0.1, 0.15) is 0 Å². The zero-order valence-electron chi connectivity index (χ0n) is 33.4. The summed E-state index contributed by atoms with van der Waals surface area (Å²) in [5.41, 5.74) is 0. The molecule has 0 heterocycles. The quantitative estimate of drug-likeness (QED) is 0.0764. The number of unbranched alkanes of at least 4 members (excludes halogenated alkanes) is 3. The summed E-state index contributed by atoms with van der Waals surface area (Å²) in [7, 11) is 0. The Hall–Kier alpha value is -1.54. The van der Waals surface area contributed by atoms with Gasteiger partial charge in [-0.2, -0.15) is 0 Å². The molecular formula is C44H80N6O2. The van der Waals surface area contributed by atoms with Gasteiger partial charge in [-0.3, -0.25) is 0 Å². The van der Waals surface area contributed by atoms with Gasteiger partial charge >= 0.3 is 0 Å². The first kappa shape index (κ1) is 40.1. The molecule has 0 amide bonds. The van der Waals surface area contributed by atoms with E-state index in [1.807, 2.05) is 0 Å². The normalized spacial score (nSPS) is 29.8. The molecule has 0 radical (unpaired) electrons. The fourth-order valence-electron chi connectivity index (χ4n) is 10.2. The number of guanidine groups is 2. The van der Waals surface area contributed by atoms with Crippen LogP contribution in [0.2, 0.25) is 0 Å². The van der Waals surface area contributed by atoms with Gasteiger partial charge in [-0.1, -0.05) is 89.9 Å². The molecule has 0 saturated heterocycles. The van der Waals surface area contributed by atoms with Crippen LogP contribution in [0.3, 0.4) is 0 Å². The summed E-state index contributed by atoms with van der Waals surface area (Å²) in [6.07, 6.45) is 41.8. The lowest BCUT2D eigenvalue weighted by Gasteiger charge is -2.33. The van der Waals surface area contributed by atoms with Crippen molar-refractivity contribution < 1.29 is 9.47 Å². The highest BCUT2D eigenvalue weighted by molar-refractivity contribution is 5.81. The highest BCUT2D eigenvalue weighted by Gasteiger charge is 2.27. The molecular weight excluding hydrogens is 645 g/mol. The molecule has 0 aromatic rings. The molecule has 6 fully saturated rings. The van der Waals surface area contributed by atoms with Gasteiger partial charge in [-0.25, -0.2) is 9.98 Å². The van der Waals surface area contributed by atoms with Gasteiger partial charge < -0.3 is 30.7 Å². The third kappa shape index (κ3) is 14.9. The van der Waals surface area contributed by atoms with E-state index >= 15 is 0 Å². The predicted octanol–water partition coefficient (Wildman–Crippen LogP) is 9.60. The first-order valence-corrected chi connectivity index (χ1v) is 23.2. The van der Waals surface area contributed by atoms with E-state index in [1.165, 1.54) is 193 Å². The van der Waals surface area contributed by atoms with Gasteiger partial charge in [0.25, 0.3) is 0 Å². The molecule has 298 valence electrons. The van der Waals surface area contributed by atoms with Gasteiger partial charge in [0.05, 0.1) is 24.3 Å². The van der Waals surface area contributed by atoms with Gasteiger partial charge in [0.15, 0.2) is 11.9 Å². The van der Waals surface area contributed by atoms with E-state index in [4.69, 9.17) is 19.5 Å². The van der Waals surface area contributed by atoms with E-state index in [-0.39, 0.29) is 0 Å². The van der Waals surface area contributed by atoms with Crippen molar-refractivity contribution in [3.05, 3.63) is 0 Å². The molecule has 4 N–H and O–H groups in total. The van der Waals surface area contributed by atoms with Crippen molar-refractivity contribution in [2.24, 2.45) is 9.98 Å². The Bertz CT molecular complexity index is 934. The number of aliphatic imine (C=N–C) groups is 2. The van der Waals surface area contributed by atoms with E-state index in [0.29, 0.717) is 48.5 Å². The van der Waals surface area contributed by atoms with Crippen molar-refractivity contribution in [1.29, 1.82) is 0 Å². The molecule has 4 atom stereocenters. The Morgan fingerprint density at radius 1 is 0.365 bits per heavy atom. The predicted molar refractivity (Wildman–Crippen MR) is 217 cm³/mol. The monoisotopic (exact) mass is 725 g/mol. The molecule has 6 aliphatic carbocycles. The third-order valence-corrected chi connectivity index (χ3v) is 13.3. The summed E-state index contributed by atoms with van der Waals surface area (Å²) >= 11 is 0. The fourth-order valence-corrected chi connectivity index (χ4v) is 10.2. The van der Waals surface area contributed by atoms with Gasteiger partial charge in [0.2, 0.25) is 0 Å². The molecule has 52 heavy (non-hydrogen) atoms. The van der Waals surface area contributed by atoms with Crippen LogP contribution in [0.15, 0.2) is 9.98 Å².